The minimum absolute atomic E-state index is 0.0656. The van der Waals surface area contributed by atoms with Gasteiger partial charge in [0.05, 0.1) is 13.6 Å². The van der Waals surface area contributed by atoms with Crippen molar-refractivity contribution in [2.75, 3.05) is 0 Å². The SMILES string of the molecule is O=C(/C=C/c1cccc([N+](=O)[O-])c1)NNC(=O)c1ccc(Br)s1. The van der Waals surface area contributed by atoms with E-state index in [0.29, 0.717) is 10.4 Å². The summed E-state index contributed by atoms with van der Waals surface area (Å²) in [5, 5.41) is 10.7. The molecule has 0 spiro atoms. The number of rotatable bonds is 4. The fraction of sp³-hybridized carbons (Fsp3) is 0. The summed E-state index contributed by atoms with van der Waals surface area (Å²) in [6, 6.07) is 9.19. The number of carbonyl (C=O) groups is 2. The van der Waals surface area contributed by atoms with Gasteiger partial charge in [0.15, 0.2) is 0 Å². The van der Waals surface area contributed by atoms with E-state index in [1.54, 1.807) is 18.2 Å². The Morgan fingerprint density at radius 3 is 2.65 bits per heavy atom. The number of halogens is 1. The third-order valence-corrected chi connectivity index (χ3v) is 4.23. The number of hydrazine groups is 1. The number of nitro benzene ring substituents is 1. The Kier molecular flexibility index (Phi) is 5.61. The van der Waals surface area contributed by atoms with Crippen molar-refractivity contribution in [3.8, 4) is 0 Å². The van der Waals surface area contributed by atoms with E-state index >= 15 is 0 Å². The molecule has 2 aromatic rings. The lowest BCUT2D eigenvalue weighted by Crippen LogP contribution is -2.40. The molecule has 0 aliphatic heterocycles. The van der Waals surface area contributed by atoms with Crippen LogP contribution in [0.15, 0.2) is 46.3 Å². The molecular weight excluding hydrogens is 386 g/mol. The molecule has 118 valence electrons. The first kappa shape index (κ1) is 16.8. The van der Waals surface area contributed by atoms with Crippen molar-refractivity contribution in [2.45, 2.75) is 0 Å². The second-order valence-electron chi connectivity index (χ2n) is 4.23. The van der Waals surface area contributed by atoms with Crippen LogP contribution in [0.4, 0.5) is 5.69 Å². The van der Waals surface area contributed by atoms with Crippen LogP contribution in [0.3, 0.4) is 0 Å². The zero-order chi connectivity index (χ0) is 16.8. The molecule has 1 aromatic carbocycles. The lowest BCUT2D eigenvalue weighted by Gasteiger charge is -2.03. The zero-order valence-corrected chi connectivity index (χ0v) is 13.9. The molecule has 0 radical (unpaired) electrons. The number of nitro groups is 1. The van der Waals surface area contributed by atoms with Gasteiger partial charge in [0.1, 0.15) is 0 Å². The molecule has 2 amide bonds. The van der Waals surface area contributed by atoms with Crippen molar-refractivity contribution < 1.29 is 14.5 Å². The van der Waals surface area contributed by atoms with E-state index in [4.69, 9.17) is 0 Å². The van der Waals surface area contributed by atoms with Crippen LogP contribution in [0.1, 0.15) is 15.2 Å². The van der Waals surface area contributed by atoms with E-state index in [1.165, 1.54) is 41.7 Å². The molecular formula is C14H10BrN3O4S. The molecule has 0 saturated carbocycles. The predicted octanol–water partition coefficient (Wildman–Crippen LogP) is 2.89. The van der Waals surface area contributed by atoms with Crippen molar-refractivity contribution >= 4 is 50.8 Å². The highest BCUT2D eigenvalue weighted by molar-refractivity contribution is 9.11. The Hall–Kier alpha value is -2.52. The lowest BCUT2D eigenvalue weighted by molar-refractivity contribution is -0.384. The largest absolute Gasteiger partial charge is 0.279 e. The lowest BCUT2D eigenvalue weighted by atomic mass is 10.2. The number of non-ortho nitro benzene ring substituents is 1. The maximum Gasteiger partial charge on any atom is 0.279 e. The highest BCUT2D eigenvalue weighted by Gasteiger charge is 2.08. The van der Waals surface area contributed by atoms with Crippen LogP contribution in [0.25, 0.3) is 6.08 Å². The van der Waals surface area contributed by atoms with Crippen LogP contribution in [-0.2, 0) is 4.79 Å². The van der Waals surface area contributed by atoms with Crippen molar-refractivity contribution in [3.05, 3.63) is 66.8 Å². The van der Waals surface area contributed by atoms with Gasteiger partial charge < -0.3 is 0 Å². The molecule has 0 aliphatic rings. The molecule has 2 rings (SSSR count). The van der Waals surface area contributed by atoms with Gasteiger partial charge in [-0.3, -0.25) is 30.6 Å². The van der Waals surface area contributed by atoms with E-state index in [1.807, 2.05) is 0 Å². The van der Waals surface area contributed by atoms with Crippen LogP contribution < -0.4 is 10.9 Å². The quantitative estimate of drug-likeness (QED) is 0.471. The van der Waals surface area contributed by atoms with Crippen LogP contribution in [0.5, 0.6) is 0 Å². The van der Waals surface area contributed by atoms with Gasteiger partial charge in [-0.1, -0.05) is 12.1 Å². The maximum atomic E-state index is 11.7. The van der Waals surface area contributed by atoms with Gasteiger partial charge in [0.2, 0.25) is 0 Å². The van der Waals surface area contributed by atoms with Crippen molar-refractivity contribution in [1.82, 2.24) is 10.9 Å². The van der Waals surface area contributed by atoms with Gasteiger partial charge in [-0.05, 0) is 39.7 Å². The maximum absolute atomic E-state index is 11.7. The summed E-state index contributed by atoms with van der Waals surface area (Å²) in [5.74, 6) is -0.988. The minimum Gasteiger partial charge on any atom is -0.268 e. The van der Waals surface area contributed by atoms with Crippen molar-refractivity contribution in [2.24, 2.45) is 0 Å². The third-order valence-electron chi connectivity index (χ3n) is 2.60. The van der Waals surface area contributed by atoms with Gasteiger partial charge in [-0.15, -0.1) is 11.3 Å². The molecule has 1 heterocycles. The third kappa shape index (κ3) is 5.01. The van der Waals surface area contributed by atoms with Gasteiger partial charge in [-0.25, -0.2) is 0 Å². The number of nitrogens with zero attached hydrogens (tertiary/aromatic N) is 1. The molecule has 23 heavy (non-hydrogen) atoms. The number of hydrogen-bond donors (Lipinski definition) is 2. The Bertz CT molecular complexity index is 788. The van der Waals surface area contributed by atoms with Crippen molar-refractivity contribution in [1.29, 1.82) is 0 Å². The Morgan fingerprint density at radius 2 is 2.00 bits per heavy atom. The van der Waals surface area contributed by atoms with E-state index in [9.17, 15) is 19.7 Å². The normalized spacial score (nSPS) is 10.5. The Balaban J connectivity index is 1.90. The summed E-state index contributed by atoms with van der Waals surface area (Å²) in [7, 11) is 0. The van der Waals surface area contributed by atoms with Gasteiger partial charge in [-0.2, -0.15) is 0 Å². The number of hydrogen-bond acceptors (Lipinski definition) is 5. The number of amides is 2. The molecule has 0 aliphatic carbocycles. The summed E-state index contributed by atoms with van der Waals surface area (Å²) in [4.78, 5) is 33.9. The van der Waals surface area contributed by atoms with Crippen LogP contribution in [0.2, 0.25) is 0 Å². The summed E-state index contributed by atoms with van der Waals surface area (Å²) in [5.41, 5.74) is 4.94. The fourth-order valence-corrected chi connectivity index (χ4v) is 2.85. The average molecular weight is 396 g/mol. The highest BCUT2D eigenvalue weighted by Crippen LogP contribution is 2.21. The van der Waals surface area contributed by atoms with Gasteiger partial charge >= 0.3 is 0 Å². The average Bonchev–Trinajstić information content (AvgIpc) is 2.97. The monoisotopic (exact) mass is 395 g/mol. The van der Waals surface area contributed by atoms with Gasteiger partial charge in [0.25, 0.3) is 17.5 Å². The molecule has 7 nitrogen and oxygen atoms in total. The number of carbonyl (C=O) groups excluding carboxylic acids is 2. The standard InChI is InChI=1S/C14H10BrN3O4S/c15-12-6-5-11(23-12)14(20)17-16-13(19)7-4-9-2-1-3-10(8-9)18(21)22/h1-8H,(H,16,19)(H,17,20)/b7-4+. The zero-order valence-electron chi connectivity index (χ0n) is 11.5. The molecule has 0 atom stereocenters. The minimum atomic E-state index is -0.555. The first-order valence-electron chi connectivity index (χ1n) is 6.24. The van der Waals surface area contributed by atoms with Crippen LogP contribution in [-0.4, -0.2) is 16.7 Å². The van der Waals surface area contributed by atoms with E-state index in [2.05, 4.69) is 26.8 Å². The Morgan fingerprint density at radius 1 is 1.22 bits per heavy atom. The van der Waals surface area contributed by atoms with Gasteiger partial charge in [0, 0.05) is 18.2 Å². The van der Waals surface area contributed by atoms with Crippen LogP contribution >= 0.6 is 27.3 Å². The number of benzene rings is 1. The van der Waals surface area contributed by atoms with E-state index in [0.717, 1.165) is 3.79 Å². The summed E-state index contributed by atoms with van der Waals surface area (Å²) >= 11 is 4.47. The molecule has 0 unspecified atom stereocenters. The molecule has 0 fully saturated rings. The summed E-state index contributed by atoms with van der Waals surface area (Å²) in [6.45, 7) is 0. The topological polar surface area (TPSA) is 101 Å². The second-order valence-corrected chi connectivity index (χ2v) is 6.70. The predicted molar refractivity (Wildman–Crippen MR) is 89.8 cm³/mol. The number of thiophene rings is 1. The van der Waals surface area contributed by atoms with Crippen molar-refractivity contribution in [3.63, 3.8) is 0 Å². The molecule has 0 bridgehead atoms. The smallest absolute Gasteiger partial charge is 0.268 e. The van der Waals surface area contributed by atoms with E-state index < -0.39 is 16.7 Å². The summed E-state index contributed by atoms with van der Waals surface area (Å²) < 4.78 is 0.805. The Labute approximate surface area is 143 Å². The first-order valence-corrected chi connectivity index (χ1v) is 7.85. The first-order chi connectivity index (χ1) is 11.0. The summed E-state index contributed by atoms with van der Waals surface area (Å²) in [6.07, 6.45) is 2.58. The number of nitrogens with one attached hydrogen (secondary N) is 2. The second kappa shape index (κ2) is 7.65. The molecule has 1 aromatic heterocycles. The molecule has 9 heteroatoms. The molecule has 0 saturated heterocycles. The fourth-order valence-electron chi connectivity index (χ4n) is 1.57. The van der Waals surface area contributed by atoms with Crippen LogP contribution in [0, 0.1) is 10.1 Å². The molecule has 2 N–H and O–H groups in total. The van der Waals surface area contributed by atoms with E-state index in [-0.39, 0.29) is 5.69 Å². The highest BCUT2D eigenvalue weighted by atomic mass is 79.9.